The molecule has 1 fully saturated rings. The van der Waals surface area contributed by atoms with Crippen LogP contribution in [0.3, 0.4) is 0 Å². The normalized spacial score (nSPS) is 25.4. The minimum atomic E-state index is -0.424. The first-order chi connectivity index (χ1) is 10.2. The summed E-state index contributed by atoms with van der Waals surface area (Å²) in [5, 5.41) is 13.9. The maximum Gasteiger partial charge on any atom is 0.130 e. The van der Waals surface area contributed by atoms with Gasteiger partial charge in [0.2, 0.25) is 0 Å². The SMILES string of the molecule is COC1C(O)CC1Oc1cc2sc(C)nc2c2sccc12. The summed E-state index contributed by atoms with van der Waals surface area (Å²) in [6.45, 7) is 2.02. The summed E-state index contributed by atoms with van der Waals surface area (Å²) in [5.41, 5.74) is 1.06. The molecule has 0 amide bonds. The van der Waals surface area contributed by atoms with Crippen LogP contribution in [-0.2, 0) is 4.74 Å². The van der Waals surface area contributed by atoms with Crippen molar-refractivity contribution in [2.24, 2.45) is 0 Å². The lowest BCUT2D eigenvalue weighted by atomic mass is 9.88. The molecule has 6 heteroatoms. The van der Waals surface area contributed by atoms with Crippen LogP contribution in [0, 0.1) is 6.92 Å². The van der Waals surface area contributed by atoms with E-state index in [1.54, 1.807) is 29.8 Å². The van der Waals surface area contributed by atoms with E-state index in [1.807, 2.05) is 6.92 Å². The molecule has 3 atom stereocenters. The van der Waals surface area contributed by atoms with Crippen molar-refractivity contribution >= 4 is 43.0 Å². The fraction of sp³-hybridized carbons (Fsp3) is 0.400. The highest BCUT2D eigenvalue weighted by Gasteiger charge is 2.42. The Labute approximate surface area is 130 Å². The Morgan fingerprint density at radius 2 is 2.29 bits per heavy atom. The van der Waals surface area contributed by atoms with Crippen LogP contribution in [-0.4, -0.2) is 35.5 Å². The maximum atomic E-state index is 9.69. The van der Waals surface area contributed by atoms with Crippen LogP contribution in [0.5, 0.6) is 5.75 Å². The van der Waals surface area contributed by atoms with Gasteiger partial charge in [0, 0.05) is 25.0 Å². The average Bonchev–Trinajstić information content (AvgIpc) is 3.03. The lowest BCUT2D eigenvalue weighted by molar-refractivity contribution is -0.148. The molecule has 110 valence electrons. The van der Waals surface area contributed by atoms with Gasteiger partial charge in [-0.1, -0.05) is 0 Å². The zero-order valence-corrected chi connectivity index (χ0v) is 13.3. The van der Waals surface area contributed by atoms with Crippen molar-refractivity contribution in [2.45, 2.75) is 31.7 Å². The number of ether oxygens (including phenoxy) is 2. The number of aromatic nitrogens is 1. The fourth-order valence-corrected chi connectivity index (χ4v) is 4.66. The van der Waals surface area contributed by atoms with Crippen LogP contribution < -0.4 is 4.74 Å². The topological polar surface area (TPSA) is 51.6 Å². The van der Waals surface area contributed by atoms with Crippen molar-refractivity contribution in [3.05, 3.63) is 22.5 Å². The molecule has 1 aliphatic rings. The van der Waals surface area contributed by atoms with Gasteiger partial charge < -0.3 is 14.6 Å². The minimum absolute atomic E-state index is 0.0837. The van der Waals surface area contributed by atoms with E-state index >= 15 is 0 Å². The van der Waals surface area contributed by atoms with E-state index in [-0.39, 0.29) is 12.2 Å². The maximum absolute atomic E-state index is 9.69. The van der Waals surface area contributed by atoms with Gasteiger partial charge >= 0.3 is 0 Å². The van der Waals surface area contributed by atoms with Gasteiger partial charge in [-0.05, 0) is 18.4 Å². The van der Waals surface area contributed by atoms with Crippen LogP contribution in [0.4, 0.5) is 0 Å². The number of aliphatic hydroxyl groups is 1. The molecule has 1 saturated carbocycles. The first kappa shape index (κ1) is 13.5. The summed E-state index contributed by atoms with van der Waals surface area (Å²) in [5.74, 6) is 0.862. The van der Waals surface area contributed by atoms with Crippen LogP contribution in [0.1, 0.15) is 11.4 Å². The molecule has 1 N–H and O–H groups in total. The summed E-state index contributed by atoms with van der Waals surface area (Å²) in [6, 6.07) is 4.13. The third-order valence-corrected chi connectivity index (χ3v) is 5.78. The average molecular weight is 321 g/mol. The second-order valence-electron chi connectivity index (χ2n) is 5.28. The predicted molar refractivity (Wildman–Crippen MR) is 85.6 cm³/mol. The monoisotopic (exact) mass is 321 g/mol. The zero-order chi connectivity index (χ0) is 14.6. The second-order valence-corrected chi connectivity index (χ2v) is 7.43. The van der Waals surface area contributed by atoms with Crippen LogP contribution >= 0.6 is 22.7 Å². The third-order valence-electron chi connectivity index (χ3n) is 3.94. The Hall–Kier alpha value is -1.21. The van der Waals surface area contributed by atoms with Gasteiger partial charge in [-0.25, -0.2) is 4.98 Å². The number of hydrogen-bond acceptors (Lipinski definition) is 6. The van der Waals surface area contributed by atoms with Gasteiger partial charge in [-0.2, -0.15) is 0 Å². The van der Waals surface area contributed by atoms with Crippen molar-refractivity contribution in [3.63, 3.8) is 0 Å². The van der Waals surface area contributed by atoms with Gasteiger partial charge in [0.15, 0.2) is 0 Å². The fourth-order valence-electron chi connectivity index (χ4n) is 2.83. The van der Waals surface area contributed by atoms with Crippen molar-refractivity contribution in [2.75, 3.05) is 7.11 Å². The molecule has 4 nitrogen and oxygen atoms in total. The van der Waals surface area contributed by atoms with Gasteiger partial charge in [0.25, 0.3) is 0 Å². The zero-order valence-electron chi connectivity index (χ0n) is 11.7. The van der Waals surface area contributed by atoms with E-state index in [4.69, 9.17) is 9.47 Å². The summed E-state index contributed by atoms with van der Waals surface area (Å²) in [4.78, 5) is 4.62. The molecule has 4 rings (SSSR count). The molecule has 0 aliphatic heterocycles. The van der Waals surface area contributed by atoms with Crippen molar-refractivity contribution in [1.29, 1.82) is 0 Å². The third kappa shape index (κ3) is 2.05. The van der Waals surface area contributed by atoms with Crippen LogP contribution in [0.2, 0.25) is 0 Å². The molecule has 2 aromatic heterocycles. The molecule has 21 heavy (non-hydrogen) atoms. The van der Waals surface area contributed by atoms with E-state index in [0.29, 0.717) is 6.42 Å². The molecule has 0 bridgehead atoms. The van der Waals surface area contributed by atoms with Crippen molar-refractivity contribution < 1.29 is 14.6 Å². The Bertz CT molecular complexity index is 810. The molecule has 0 radical (unpaired) electrons. The lowest BCUT2D eigenvalue weighted by Crippen LogP contribution is -2.54. The molecular formula is C15H15NO3S2. The number of thiophene rings is 1. The van der Waals surface area contributed by atoms with Crippen molar-refractivity contribution in [1.82, 2.24) is 4.98 Å². The summed E-state index contributed by atoms with van der Waals surface area (Å²) >= 11 is 3.37. The quantitative estimate of drug-likeness (QED) is 0.804. The molecule has 0 saturated heterocycles. The minimum Gasteiger partial charge on any atom is -0.487 e. The molecule has 3 aromatic rings. The Morgan fingerprint density at radius 3 is 3.05 bits per heavy atom. The van der Waals surface area contributed by atoms with Crippen LogP contribution in [0.15, 0.2) is 17.5 Å². The second kappa shape index (κ2) is 4.91. The molecule has 1 aromatic carbocycles. The summed E-state index contributed by atoms with van der Waals surface area (Å²) < 4.78 is 13.7. The lowest BCUT2D eigenvalue weighted by Gasteiger charge is -2.40. The first-order valence-electron chi connectivity index (χ1n) is 6.82. The molecule has 0 spiro atoms. The largest absolute Gasteiger partial charge is 0.487 e. The van der Waals surface area contributed by atoms with E-state index in [0.717, 1.165) is 26.4 Å². The predicted octanol–water partition coefficient (Wildman–Crippen LogP) is 3.35. The van der Waals surface area contributed by atoms with Crippen LogP contribution in [0.25, 0.3) is 20.3 Å². The highest BCUT2D eigenvalue weighted by molar-refractivity contribution is 7.21. The highest BCUT2D eigenvalue weighted by Crippen LogP contribution is 2.40. The number of aliphatic hydroxyl groups excluding tert-OH is 1. The summed E-state index contributed by atoms with van der Waals surface area (Å²) in [6.07, 6.45) is -0.131. The number of methoxy groups -OCH3 is 1. The number of thiazole rings is 1. The van der Waals surface area contributed by atoms with Crippen molar-refractivity contribution in [3.8, 4) is 5.75 Å². The van der Waals surface area contributed by atoms with Gasteiger partial charge in [-0.15, -0.1) is 22.7 Å². The Kier molecular flexibility index (Phi) is 3.15. The van der Waals surface area contributed by atoms with E-state index in [1.165, 1.54) is 4.70 Å². The molecular weight excluding hydrogens is 306 g/mol. The number of fused-ring (bicyclic) bond motifs is 3. The molecule has 1 aliphatic carbocycles. The number of rotatable bonds is 3. The first-order valence-corrected chi connectivity index (χ1v) is 8.52. The number of aryl methyl sites for hydroxylation is 1. The smallest absolute Gasteiger partial charge is 0.130 e. The van der Waals surface area contributed by atoms with Gasteiger partial charge in [-0.3, -0.25) is 0 Å². The number of benzene rings is 1. The number of nitrogens with zero attached hydrogens (tertiary/aromatic N) is 1. The highest BCUT2D eigenvalue weighted by atomic mass is 32.1. The van der Waals surface area contributed by atoms with E-state index in [2.05, 4.69) is 22.5 Å². The molecule has 2 heterocycles. The van der Waals surface area contributed by atoms with E-state index < -0.39 is 6.10 Å². The molecule has 3 unspecified atom stereocenters. The standard InChI is InChI=1S/C15H15NO3S2/c1-7-16-13-12(21-7)6-10(8-3-4-20-15(8)13)19-11-5-9(17)14(11)18-2/h3-4,6,9,11,14,17H,5H2,1-2H3. The van der Waals surface area contributed by atoms with Gasteiger partial charge in [0.1, 0.15) is 18.0 Å². The van der Waals surface area contributed by atoms with E-state index in [9.17, 15) is 5.11 Å². The Morgan fingerprint density at radius 1 is 1.43 bits per heavy atom. The van der Waals surface area contributed by atoms with Gasteiger partial charge in [0.05, 0.1) is 26.0 Å². The number of hydrogen-bond donors (Lipinski definition) is 1. The Balaban J connectivity index is 1.78. The summed E-state index contributed by atoms with van der Waals surface area (Å²) in [7, 11) is 1.61.